The summed E-state index contributed by atoms with van der Waals surface area (Å²) in [6.07, 6.45) is 0. The fourth-order valence-corrected chi connectivity index (χ4v) is 21.9. The molecule has 2 aliphatic rings. The van der Waals surface area contributed by atoms with E-state index in [4.69, 9.17) is 8.83 Å². The van der Waals surface area contributed by atoms with E-state index in [2.05, 4.69) is 507 Å². The van der Waals surface area contributed by atoms with E-state index in [0.29, 0.717) is 0 Å². The molecule has 0 atom stereocenters. The summed E-state index contributed by atoms with van der Waals surface area (Å²) in [6, 6.07) is 190. The van der Waals surface area contributed by atoms with E-state index < -0.39 is 10.8 Å². The Morgan fingerprint density at radius 2 is 0.455 bits per heavy atom. The Hall–Kier alpha value is -17.4. The topological polar surface area (TPSA) is 32.8 Å². The molecule has 0 amide bonds. The molecule has 628 valence electrons. The number of anilines is 6. The van der Waals surface area contributed by atoms with Crippen LogP contribution in [-0.4, -0.2) is 0 Å². The van der Waals surface area contributed by atoms with Crippen LogP contribution in [0.5, 0.6) is 0 Å². The van der Waals surface area contributed by atoms with Gasteiger partial charge in [0.1, 0.15) is 22.3 Å². The summed E-state index contributed by atoms with van der Waals surface area (Å²) in [5.41, 5.74) is 37.9. The minimum atomic E-state index is -0.538. The standard InChI is InChI=1S/2C65H43NO/c1-3-19-49(20-4-1)65(50-21-5-2-6-22-50)58-28-12-9-26-57(58)64-59(65)29-16-31-61(64)66(60-30-13-10-24-54(60)48-39-42-56-55-25-11-14-32-62(55)67-63(56)43-48)51-40-37-45(38-41-51)44-33-35-47(36-34-44)53-27-15-18-46-17-7-8-23-52(46)53;1-3-18-51(19-4-1)65(52-20-5-2-6-21-52)58-25-12-9-24-57(58)64-59(65)26-15-28-61(64)66(60-27-13-10-22-54(60)50-38-41-56-55-23-11-14-29-62(55)67-63(56)43-50)53-39-36-46(37-40-53)45-30-32-47(33-31-45)49-35-34-44-16-7-8-17-48(44)42-49/h2*1-43H. The highest BCUT2D eigenvalue weighted by atomic mass is 16.3. The summed E-state index contributed by atoms with van der Waals surface area (Å²) in [4.78, 5) is 4.96. The fraction of sp³-hybridized carbons (Fsp3) is 0.0154. The van der Waals surface area contributed by atoms with E-state index in [1.165, 1.54) is 122 Å². The van der Waals surface area contributed by atoms with Crippen LogP contribution in [0.15, 0.2) is 531 Å². The summed E-state index contributed by atoms with van der Waals surface area (Å²) >= 11 is 0. The first kappa shape index (κ1) is 78.8. The van der Waals surface area contributed by atoms with Gasteiger partial charge in [-0.2, -0.15) is 0 Å². The highest BCUT2D eigenvalue weighted by Crippen LogP contribution is 2.63. The first-order valence-corrected chi connectivity index (χ1v) is 46.2. The molecular weight excluding hydrogens is 1620 g/mol. The molecule has 2 heterocycles. The Bertz CT molecular complexity index is 8500. The van der Waals surface area contributed by atoms with E-state index in [0.717, 1.165) is 111 Å². The molecule has 0 radical (unpaired) electrons. The third-order valence-corrected chi connectivity index (χ3v) is 27.9. The van der Waals surface area contributed by atoms with Crippen molar-refractivity contribution < 1.29 is 8.83 Å². The van der Waals surface area contributed by atoms with Crippen molar-refractivity contribution in [3.8, 4) is 89.0 Å². The predicted octanol–water partition coefficient (Wildman–Crippen LogP) is 35.1. The molecule has 0 saturated carbocycles. The molecule has 134 heavy (non-hydrogen) atoms. The molecule has 2 aromatic heterocycles. The number of rotatable bonds is 16. The van der Waals surface area contributed by atoms with E-state index >= 15 is 0 Å². The third kappa shape index (κ3) is 13.1. The third-order valence-electron chi connectivity index (χ3n) is 27.9. The maximum Gasteiger partial charge on any atom is 0.136 e. The van der Waals surface area contributed by atoms with Gasteiger partial charge in [-0.3, -0.25) is 0 Å². The normalized spacial score (nSPS) is 12.6. The minimum Gasteiger partial charge on any atom is -0.456 e. The Kier molecular flexibility index (Phi) is 19.4. The number of hydrogen-bond acceptors (Lipinski definition) is 4. The van der Waals surface area contributed by atoms with E-state index in [9.17, 15) is 0 Å². The molecule has 26 rings (SSSR count). The Labute approximate surface area is 778 Å². The lowest BCUT2D eigenvalue weighted by molar-refractivity contribution is 0.668. The first-order chi connectivity index (χ1) is 66.5. The summed E-state index contributed by atoms with van der Waals surface area (Å²) in [5.74, 6) is 0. The highest BCUT2D eigenvalue weighted by Gasteiger charge is 2.49. The van der Waals surface area contributed by atoms with E-state index in [1.807, 2.05) is 24.3 Å². The van der Waals surface area contributed by atoms with Crippen molar-refractivity contribution in [1.29, 1.82) is 0 Å². The molecule has 0 bridgehead atoms. The molecular formula is C130H86N2O2. The number of benzene rings is 22. The van der Waals surface area contributed by atoms with Gasteiger partial charge in [-0.25, -0.2) is 0 Å². The molecule has 0 aliphatic heterocycles. The molecule has 0 N–H and O–H groups in total. The van der Waals surface area contributed by atoms with Crippen LogP contribution in [0.4, 0.5) is 34.1 Å². The molecule has 24 aromatic rings. The maximum atomic E-state index is 6.48. The van der Waals surface area contributed by atoms with Crippen LogP contribution < -0.4 is 9.80 Å². The van der Waals surface area contributed by atoms with Crippen molar-refractivity contribution in [3.63, 3.8) is 0 Å². The van der Waals surface area contributed by atoms with Crippen LogP contribution in [0.2, 0.25) is 0 Å². The second kappa shape index (κ2) is 32.9. The quantitative estimate of drug-likeness (QED) is 0.0965. The van der Waals surface area contributed by atoms with Gasteiger partial charge in [0.05, 0.1) is 33.6 Å². The van der Waals surface area contributed by atoms with Crippen LogP contribution in [0, 0.1) is 0 Å². The van der Waals surface area contributed by atoms with Gasteiger partial charge in [0.15, 0.2) is 0 Å². The van der Waals surface area contributed by atoms with Crippen molar-refractivity contribution in [2.24, 2.45) is 0 Å². The summed E-state index contributed by atoms with van der Waals surface area (Å²) in [7, 11) is 0. The van der Waals surface area contributed by atoms with Crippen molar-refractivity contribution in [2.75, 3.05) is 9.80 Å². The smallest absolute Gasteiger partial charge is 0.136 e. The SMILES string of the molecule is c1ccc(C2(c3ccccc3)c3ccccc3-c3c(N(c4ccc(-c5ccc(-c6ccc7ccccc7c6)cc5)cc4)c4ccccc4-c4ccc5c(c4)oc4ccccc45)cccc32)cc1.c1ccc(C2(c3ccccc3)c3ccccc3-c3c(N(c4ccc(-c5ccc(-c6cccc7ccccc67)cc5)cc4)c4ccccc4-c4ccc5c(c4)oc4ccccc45)cccc32)cc1. The molecule has 4 heteroatoms. The number of para-hydroxylation sites is 4. The largest absolute Gasteiger partial charge is 0.456 e. The van der Waals surface area contributed by atoms with Crippen molar-refractivity contribution in [2.45, 2.75) is 10.8 Å². The Morgan fingerprint density at radius 3 is 0.910 bits per heavy atom. The zero-order valence-corrected chi connectivity index (χ0v) is 73.4. The van der Waals surface area contributed by atoms with E-state index in [-0.39, 0.29) is 0 Å². The van der Waals surface area contributed by atoms with Gasteiger partial charge in [-0.1, -0.05) is 431 Å². The summed E-state index contributed by atoms with van der Waals surface area (Å²) in [5, 5.41) is 9.50. The van der Waals surface area contributed by atoms with Gasteiger partial charge in [0, 0.05) is 55.2 Å². The van der Waals surface area contributed by atoms with Crippen LogP contribution >= 0.6 is 0 Å². The molecule has 2 aliphatic carbocycles. The van der Waals surface area contributed by atoms with Gasteiger partial charge in [0.25, 0.3) is 0 Å². The van der Waals surface area contributed by atoms with Crippen molar-refractivity contribution in [3.05, 3.63) is 566 Å². The van der Waals surface area contributed by atoms with Crippen molar-refractivity contribution >= 4 is 99.5 Å². The van der Waals surface area contributed by atoms with Gasteiger partial charge in [0.2, 0.25) is 0 Å². The molecule has 0 saturated heterocycles. The maximum absolute atomic E-state index is 6.48. The number of nitrogens with zero attached hydrogens (tertiary/aromatic N) is 2. The van der Waals surface area contributed by atoms with Crippen LogP contribution in [0.25, 0.3) is 154 Å². The molecule has 0 unspecified atom stereocenters. The van der Waals surface area contributed by atoms with Gasteiger partial charge >= 0.3 is 0 Å². The van der Waals surface area contributed by atoms with Crippen LogP contribution in [0.1, 0.15) is 44.5 Å². The van der Waals surface area contributed by atoms with Crippen LogP contribution in [0.3, 0.4) is 0 Å². The number of hydrogen-bond donors (Lipinski definition) is 0. The summed E-state index contributed by atoms with van der Waals surface area (Å²) in [6.45, 7) is 0. The Morgan fingerprint density at radius 1 is 0.157 bits per heavy atom. The van der Waals surface area contributed by atoms with Crippen molar-refractivity contribution in [1.82, 2.24) is 0 Å². The number of fused-ring (bicyclic) bond motifs is 14. The highest BCUT2D eigenvalue weighted by molar-refractivity contribution is 6.10. The second-order valence-corrected chi connectivity index (χ2v) is 35.1. The molecule has 4 nitrogen and oxygen atoms in total. The lowest BCUT2D eigenvalue weighted by atomic mass is 9.68. The lowest BCUT2D eigenvalue weighted by Crippen LogP contribution is -2.28. The Balaban J connectivity index is 0.000000143. The number of furan rings is 2. The molecule has 22 aromatic carbocycles. The average Bonchev–Trinajstić information content (AvgIpc) is 1.53. The average molecular weight is 1710 g/mol. The second-order valence-electron chi connectivity index (χ2n) is 35.1. The zero-order valence-electron chi connectivity index (χ0n) is 73.4. The van der Waals surface area contributed by atoms with Crippen LogP contribution in [-0.2, 0) is 10.8 Å². The summed E-state index contributed by atoms with van der Waals surface area (Å²) < 4.78 is 13.0. The van der Waals surface area contributed by atoms with E-state index in [1.54, 1.807) is 0 Å². The van der Waals surface area contributed by atoms with Gasteiger partial charge in [-0.05, 0) is 224 Å². The first-order valence-electron chi connectivity index (χ1n) is 46.2. The van der Waals surface area contributed by atoms with Gasteiger partial charge in [-0.15, -0.1) is 0 Å². The zero-order chi connectivity index (χ0) is 88.6. The molecule has 0 fully saturated rings. The fourth-order valence-electron chi connectivity index (χ4n) is 21.9. The van der Waals surface area contributed by atoms with Gasteiger partial charge < -0.3 is 18.6 Å². The lowest BCUT2D eigenvalue weighted by Gasteiger charge is -2.34. The molecule has 0 spiro atoms. The predicted molar refractivity (Wildman–Crippen MR) is 559 cm³/mol. The minimum absolute atomic E-state index is 0.537. The monoisotopic (exact) mass is 1710 g/mol.